The second kappa shape index (κ2) is 6.73. The van der Waals surface area contributed by atoms with Gasteiger partial charge in [0.05, 0.1) is 5.52 Å². The minimum atomic E-state index is -0.410. The molecule has 25 heavy (non-hydrogen) atoms. The number of benzene rings is 2. The molecule has 4 nitrogen and oxygen atoms in total. The molecule has 3 aromatic rings. The number of hydrogen-bond acceptors (Lipinski definition) is 2. The van der Waals surface area contributed by atoms with Gasteiger partial charge in [-0.05, 0) is 56.2 Å². The van der Waals surface area contributed by atoms with Crippen molar-refractivity contribution in [2.24, 2.45) is 0 Å². The lowest BCUT2D eigenvalue weighted by Crippen LogP contribution is -2.24. The second-order valence-electron chi connectivity index (χ2n) is 6.05. The van der Waals surface area contributed by atoms with Crippen molar-refractivity contribution in [2.45, 2.75) is 27.3 Å². The molecule has 1 amide bonds. The van der Waals surface area contributed by atoms with E-state index < -0.39 is 5.91 Å². The van der Waals surface area contributed by atoms with Crippen LogP contribution in [0.3, 0.4) is 0 Å². The van der Waals surface area contributed by atoms with Crippen LogP contribution in [0.2, 0.25) is 5.02 Å². The molecule has 0 aliphatic rings. The summed E-state index contributed by atoms with van der Waals surface area (Å²) in [4.78, 5) is 25.5. The van der Waals surface area contributed by atoms with E-state index in [9.17, 15) is 9.59 Å². The third-order valence-electron chi connectivity index (χ3n) is 4.29. The van der Waals surface area contributed by atoms with Gasteiger partial charge in [0, 0.05) is 28.8 Å². The molecular weight excluding hydrogens is 336 g/mol. The molecule has 1 heterocycles. The fourth-order valence-corrected chi connectivity index (χ4v) is 3.14. The van der Waals surface area contributed by atoms with Crippen LogP contribution < -0.4 is 10.7 Å². The van der Waals surface area contributed by atoms with Crippen molar-refractivity contribution in [1.29, 1.82) is 0 Å². The minimum Gasteiger partial charge on any atom is -0.346 e. The summed E-state index contributed by atoms with van der Waals surface area (Å²) in [6, 6.07) is 10.9. The Kier molecular flexibility index (Phi) is 4.64. The highest BCUT2D eigenvalue weighted by molar-refractivity contribution is 6.32. The van der Waals surface area contributed by atoms with Crippen LogP contribution in [-0.2, 0) is 6.54 Å². The predicted molar refractivity (Wildman–Crippen MR) is 103 cm³/mol. The molecule has 5 heteroatoms. The van der Waals surface area contributed by atoms with Gasteiger partial charge in [0.15, 0.2) is 0 Å². The first-order valence-electron chi connectivity index (χ1n) is 8.12. The first kappa shape index (κ1) is 17.2. The molecule has 2 aromatic carbocycles. The SMILES string of the molecule is CCn1cc(C(=O)Nc2cccc(C)c2)c(=O)c2ccc(Cl)c(C)c21. The van der Waals surface area contributed by atoms with Crippen molar-refractivity contribution in [2.75, 3.05) is 5.32 Å². The van der Waals surface area contributed by atoms with E-state index in [4.69, 9.17) is 11.6 Å². The quantitative estimate of drug-likeness (QED) is 0.750. The Balaban J connectivity index is 2.14. The van der Waals surface area contributed by atoms with E-state index in [2.05, 4.69) is 5.32 Å². The summed E-state index contributed by atoms with van der Waals surface area (Å²) in [7, 11) is 0. The Morgan fingerprint density at radius 3 is 2.64 bits per heavy atom. The number of fused-ring (bicyclic) bond motifs is 1. The number of halogens is 1. The number of anilines is 1. The van der Waals surface area contributed by atoms with Gasteiger partial charge >= 0.3 is 0 Å². The molecule has 1 aromatic heterocycles. The van der Waals surface area contributed by atoms with E-state index in [0.29, 0.717) is 22.6 Å². The van der Waals surface area contributed by atoms with Crippen molar-refractivity contribution in [3.63, 3.8) is 0 Å². The Morgan fingerprint density at radius 1 is 1.20 bits per heavy atom. The first-order valence-corrected chi connectivity index (χ1v) is 8.50. The molecule has 128 valence electrons. The molecule has 0 fully saturated rings. The van der Waals surface area contributed by atoms with Gasteiger partial charge < -0.3 is 9.88 Å². The average Bonchev–Trinajstić information content (AvgIpc) is 2.58. The standard InChI is InChI=1S/C20H19ClN2O2/c1-4-23-11-16(20(25)22-14-7-5-6-12(2)10-14)19(24)15-8-9-17(21)13(3)18(15)23/h5-11H,4H2,1-3H3,(H,22,25). The van der Waals surface area contributed by atoms with Crippen molar-refractivity contribution in [3.05, 3.63) is 74.5 Å². The maximum atomic E-state index is 12.8. The summed E-state index contributed by atoms with van der Waals surface area (Å²) >= 11 is 6.20. The monoisotopic (exact) mass is 354 g/mol. The van der Waals surface area contributed by atoms with Gasteiger partial charge in [-0.15, -0.1) is 0 Å². The molecule has 0 unspecified atom stereocenters. The highest BCUT2D eigenvalue weighted by Gasteiger charge is 2.17. The number of aromatic nitrogens is 1. The van der Waals surface area contributed by atoms with E-state index in [1.165, 1.54) is 0 Å². The molecule has 0 aliphatic carbocycles. The van der Waals surface area contributed by atoms with E-state index in [1.54, 1.807) is 24.4 Å². The van der Waals surface area contributed by atoms with Gasteiger partial charge in [0.2, 0.25) is 5.43 Å². The molecule has 0 atom stereocenters. The number of pyridine rings is 1. The summed E-state index contributed by atoms with van der Waals surface area (Å²) in [5.41, 5.74) is 3.14. The topological polar surface area (TPSA) is 51.1 Å². The number of aryl methyl sites for hydroxylation is 3. The Bertz CT molecular complexity index is 1040. The van der Waals surface area contributed by atoms with Crippen molar-refractivity contribution >= 4 is 34.1 Å². The van der Waals surface area contributed by atoms with Crippen molar-refractivity contribution < 1.29 is 4.79 Å². The maximum absolute atomic E-state index is 12.8. The normalized spacial score (nSPS) is 10.9. The molecule has 0 saturated heterocycles. The van der Waals surface area contributed by atoms with E-state index >= 15 is 0 Å². The van der Waals surface area contributed by atoms with Crippen LogP contribution in [0.15, 0.2) is 47.4 Å². The number of rotatable bonds is 3. The van der Waals surface area contributed by atoms with E-state index in [1.807, 2.05) is 43.5 Å². The molecule has 3 rings (SSSR count). The molecular formula is C20H19ClN2O2. The highest BCUT2D eigenvalue weighted by Crippen LogP contribution is 2.24. The molecule has 0 radical (unpaired) electrons. The Morgan fingerprint density at radius 2 is 1.96 bits per heavy atom. The summed E-state index contributed by atoms with van der Waals surface area (Å²) in [5, 5.41) is 3.91. The smallest absolute Gasteiger partial charge is 0.261 e. The molecule has 0 bridgehead atoms. The summed E-state index contributed by atoms with van der Waals surface area (Å²) in [6.07, 6.45) is 1.61. The van der Waals surface area contributed by atoms with Crippen LogP contribution >= 0.6 is 11.6 Å². The summed E-state index contributed by atoms with van der Waals surface area (Å²) in [6.45, 7) is 6.42. The van der Waals surface area contributed by atoms with Gasteiger partial charge in [-0.3, -0.25) is 9.59 Å². The predicted octanol–water partition coefficient (Wildman–Crippen LogP) is 4.54. The van der Waals surface area contributed by atoms with E-state index in [0.717, 1.165) is 16.6 Å². The lowest BCUT2D eigenvalue weighted by Gasteiger charge is -2.14. The number of carbonyl (C=O) groups excluding carboxylic acids is 1. The Labute approximate surface area is 151 Å². The third-order valence-corrected chi connectivity index (χ3v) is 4.70. The van der Waals surface area contributed by atoms with Crippen LogP contribution in [0.1, 0.15) is 28.4 Å². The summed E-state index contributed by atoms with van der Waals surface area (Å²) in [5.74, 6) is -0.410. The lowest BCUT2D eigenvalue weighted by molar-refractivity contribution is 0.102. The number of carbonyl (C=O) groups is 1. The second-order valence-corrected chi connectivity index (χ2v) is 6.46. The molecule has 0 saturated carbocycles. The van der Waals surface area contributed by atoms with Gasteiger partial charge in [-0.1, -0.05) is 23.7 Å². The van der Waals surface area contributed by atoms with Crippen LogP contribution in [0, 0.1) is 13.8 Å². The zero-order chi connectivity index (χ0) is 18.1. The van der Waals surface area contributed by atoms with Gasteiger partial charge in [-0.25, -0.2) is 0 Å². The fourth-order valence-electron chi connectivity index (χ4n) is 2.99. The number of nitrogens with zero attached hydrogens (tertiary/aromatic N) is 1. The number of amides is 1. The molecule has 0 spiro atoms. The van der Waals surface area contributed by atoms with Gasteiger partial charge in [0.1, 0.15) is 5.56 Å². The van der Waals surface area contributed by atoms with Gasteiger partial charge in [-0.2, -0.15) is 0 Å². The van der Waals surface area contributed by atoms with Crippen LogP contribution in [0.4, 0.5) is 5.69 Å². The first-order chi connectivity index (χ1) is 11.9. The van der Waals surface area contributed by atoms with Crippen LogP contribution in [0.25, 0.3) is 10.9 Å². The minimum absolute atomic E-state index is 0.123. The maximum Gasteiger partial charge on any atom is 0.261 e. The number of nitrogens with one attached hydrogen (secondary N) is 1. The molecule has 0 aliphatic heterocycles. The fraction of sp³-hybridized carbons (Fsp3) is 0.200. The third kappa shape index (κ3) is 3.17. The zero-order valence-corrected chi connectivity index (χ0v) is 15.1. The zero-order valence-electron chi connectivity index (χ0n) is 14.4. The van der Waals surface area contributed by atoms with Crippen LogP contribution in [0.5, 0.6) is 0 Å². The van der Waals surface area contributed by atoms with Gasteiger partial charge in [0.25, 0.3) is 5.91 Å². The Hall–Kier alpha value is -2.59. The van der Waals surface area contributed by atoms with Crippen molar-refractivity contribution in [3.8, 4) is 0 Å². The van der Waals surface area contributed by atoms with E-state index in [-0.39, 0.29) is 11.0 Å². The lowest BCUT2D eigenvalue weighted by atomic mass is 10.1. The average molecular weight is 355 g/mol. The molecule has 1 N–H and O–H groups in total. The highest BCUT2D eigenvalue weighted by atomic mass is 35.5. The largest absolute Gasteiger partial charge is 0.346 e. The summed E-state index contributed by atoms with van der Waals surface area (Å²) < 4.78 is 1.89. The number of hydrogen-bond donors (Lipinski definition) is 1. The van der Waals surface area contributed by atoms with Crippen LogP contribution in [-0.4, -0.2) is 10.5 Å². The van der Waals surface area contributed by atoms with Crippen molar-refractivity contribution in [1.82, 2.24) is 4.57 Å².